The summed E-state index contributed by atoms with van der Waals surface area (Å²) in [5.74, 6) is 0.740. The molecule has 0 bridgehead atoms. The summed E-state index contributed by atoms with van der Waals surface area (Å²) in [6.45, 7) is 4.77. The Morgan fingerprint density at radius 1 is 1.41 bits per heavy atom. The average molecular weight is 272 g/mol. The van der Waals surface area contributed by atoms with E-state index in [0.29, 0.717) is 11.5 Å². The van der Waals surface area contributed by atoms with Crippen LogP contribution in [0.5, 0.6) is 0 Å². The summed E-state index contributed by atoms with van der Waals surface area (Å²) < 4.78 is 0. The van der Waals surface area contributed by atoms with E-state index in [1.165, 1.54) is 30.6 Å². The van der Waals surface area contributed by atoms with Crippen molar-refractivity contribution in [3.63, 3.8) is 0 Å². The standard InChI is InChI=1S/C14H22ClNS/c1-14(2)7-4-10(5-8-14)12(16-3)13-11(15)6-9-17-13/h6,9-10,12,16H,4-5,7-8H2,1-3H3. The van der Waals surface area contributed by atoms with Gasteiger partial charge in [0.25, 0.3) is 0 Å². The first kappa shape index (κ1) is 13.4. The fourth-order valence-corrected chi connectivity index (χ4v) is 4.24. The zero-order valence-electron chi connectivity index (χ0n) is 10.9. The Hall–Kier alpha value is -0.0500. The highest BCUT2D eigenvalue weighted by molar-refractivity contribution is 7.10. The van der Waals surface area contributed by atoms with E-state index in [2.05, 4.69) is 31.6 Å². The van der Waals surface area contributed by atoms with Crippen LogP contribution in [0.15, 0.2) is 11.4 Å². The monoisotopic (exact) mass is 271 g/mol. The van der Waals surface area contributed by atoms with Crippen molar-refractivity contribution in [2.45, 2.75) is 45.6 Å². The van der Waals surface area contributed by atoms with Gasteiger partial charge in [-0.15, -0.1) is 11.3 Å². The van der Waals surface area contributed by atoms with Crippen molar-refractivity contribution in [2.75, 3.05) is 7.05 Å². The van der Waals surface area contributed by atoms with E-state index in [9.17, 15) is 0 Å². The van der Waals surface area contributed by atoms with Crippen LogP contribution in [-0.4, -0.2) is 7.05 Å². The third-order valence-corrected chi connectivity index (χ3v) is 5.54. The van der Waals surface area contributed by atoms with Gasteiger partial charge in [0.05, 0.1) is 5.02 Å². The summed E-state index contributed by atoms with van der Waals surface area (Å²) in [6.07, 6.45) is 5.29. The summed E-state index contributed by atoms with van der Waals surface area (Å²) in [5.41, 5.74) is 0.536. The molecule has 1 aromatic rings. The molecule has 96 valence electrons. The Labute approximate surface area is 114 Å². The first-order valence-corrected chi connectivity index (χ1v) is 7.69. The molecule has 17 heavy (non-hydrogen) atoms. The van der Waals surface area contributed by atoms with Crippen LogP contribution in [0.2, 0.25) is 5.02 Å². The fraction of sp³-hybridized carbons (Fsp3) is 0.714. The van der Waals surface area contributed by atoms with Gasteiger partial charge in [-0.3, -0.25) is 0 Å². The predicted molar refractivity (Wildman–Crippen MR) is 76.9 cm³/mol. The molecule has 1 saturated carbocycles. The molecule has 0 aliphatic heterocycles. The van der Waals surface area contributed by atoms with E-state index >= 15 is 0 Å². The molecular weight excluding hydrogens is 250 g/mol. The molecular formula is C14H22ClNS. The van der Waals surface area contributed by atoms with Gasteiger partial charge in [-0.25, -0.2) is 0 Å². The maximum atomic E-state index is 6.26. The first-order valence-electron chi connectivity index (χ1n) is 6.44. The van der Waals surface area contributed by atoms with Crippen LogP contribution in [0, 0.1) is 11.3 Å². The molecule has 1 N–H and O–H groups in total. The number of hydrogen-bond acceptors (Lipinski definition) is 2. The maximum absolute atomic E-state index is 6.26. The van der Waals surface area contributed by atoms with E-state index in [4.69, 9.17) is 11.6 Å². The van der Waals surface area contributed by atoms with Crippen LogP contribution in [0.3, 0.4) is 0 Å². The molecule has 0 saturated heterocycles. The fourth-order valence-electron chi connectivity index (χ4n) is 2.86. The van der Waals surface area contributed by atoms with Crippen LogP contribution >= 0.6 is 22.9 Å². The molecule has 2 rings (SSSR count). The van der Waals surface area contributed by atoms with Crippen molar-refractivity contribution in [1.29, 1.82) is 0 Å². The lowest BCUT2D eigenvalue weighted by atomic mass is 9.71. The largest absolute Gasteiger partial charge is 0.312 e. The van der Waals surface area contributed by atoms with Crippen LogP contribution in [0.25, 0.3) is 0 Å². The Balaban J connectivity index is 2.08. The molecule has 1 aromatic heterocycles. The lowest BCUT2D eigenvalue weighted by Gasteiger charge is -2.37. The molecule has 3 heteroatoms. The van der Waals surface area contributed by atoms with E-state index in [1.807, 2.05) is 6.07 Å². The van der Waals surface area contributed by atoms with Crippen molar-refractivity contribution >= 4 is 22.9 Å². The Morgan fingerprint density at radius 2 is 2.06 bits per heavy atom. The summed E-state index contributed by atoms with van der Waals surface area (Å²) in [5, 5.41) is 6.49. The molecule has 0 radical (unpaired) electrons. The SMILES string of the molecule is CNC(c1sccc1Cl)C1CCC(C)(C)CC1. The van der Waals surface area contributed by atoms with Crippen molar-refractivity contribution in [3.05, 3.63) is 21.3 Å². The normalized spacial score (nSPS) is 22.6. The second-order valence-corrected chi connectivity index (χ2v) is 7.26. The van der Waals surface area contributed by atoms with Crippen molar-refractivity contribution in [2.24, 2.45) is 11.3 Å². The number of halogens is 1. The highest BCUT2D eigenvalue weighted by Crippen LogP contribution is 2.44. The summed E-state index contributed by atoms with van der Waals surface area (Å²) in [6, 6.07) is 2.46. The second kappa shape index (κ2) is 5.29. The lowest BCUT2D eigenvalue weighted by Crippen LogP contribution is -2.30. The summed E-state index contributed by atoms with van der Waals surface area (Å²) in [7, 11) is 2.06. The molecule has 1 aliphatic rings. The smallest absolute Gasteiger partial charge is 0.0561 e. The van der Waals surface area contributed by atoms with E-state index in [0.717, 1.165) is 10.9 Å². The number of rotatable bonds is 3. The van der Waals surface area contributed by atoms with Crippen LogP contribution < -0.4 is 5.32 Å². The maximum Gasteiger partial charge on any atom is 0.0561 e. The van der Waals surface area contributed by atoms with Gasteiger partial charge in [-0.1, -0.05) is 25.4 Å². The van der Waals surface area contributed by atoms with Gasteiger partial charge < -0.3 is 5.32 Å². The van der Waals surface area contributed by atoms with Gasteiger partial charge >= 0.3 is 0 Å². The third-order valence-electron chi connectivity index (χ3n) is 4.09. The molecule has 1 nitrogen and oxygen atoms in total. The quantitative estimate of drug-likeness (QED) is 0.826. The molecule has 1 atom stereocenters. The van der Waals surface area contributed by atoms with Gasteiger partial charge in [0, 0.05) is 10.9 Å². The third kappa shape index (κ3) is 3.04. The van der Waals surface area contributed by atoms with E-state index in [1.54, 1.807) is 11.3 Å². The molecule has 1 aliphatic carbocycles. The van der Waals surface area contributed by atoms with Crippen LogP contribution in [0.1, 0.15) is 50.4 Å². The van der Waals surface area contributed by atoms with Crippen molar-refractivity contribution < 1.29 is 0 Å². The van der Waals surface area contributed by atoms with Gasteiger partial charge in [-0.05, 0) is 55.5 Å². The minimum absolute atomic E-state index is 0.443. The zero-order valence-corrected chi connectivity index (χ0v) is 12.5. The zero-order chi connectivity index (χ0) is 12.5. The molecule has 1 unspecified atom stereocenters. The molecule has 0 amide bonds. The second-order valence-electron chi connectivity index (χ2n) is 5.90. The van der Waals surface area contributed by atoms with E-state index in [-0.39, 0.29) is 0 Å². The van der Waals surface area contributed by atoms with Gasteiger partial charge in [0.1, 0.15) is 0 Å². The Kier molecular flexibility index (Phi) is 4.17. The highest BCUT2D eigenvalue weighted by atomic mass is 35.5. The highest BCUT2D eigenvalue weighted by Gasteiger charge is 2.32. The number of thiophene rings is 1. The lowest BCUT2D eigenvalue weighted by molar-refractivity contribution is 0.165. The summed E-state index contributed by atoms with van der Waals surface area (Å²) >= 11 is 8.04. The summed E-state index contributed by atoms with van der Waals surface area (Å²) in [4.78, 5) is 1.32. The molecule has 1 heterocycles. The van der Waals surface area contributed by atoms with Crippen molar-refractivity contribution in [1.82, 2.24) is 5.32 Å². The minimum Gasteiger partial charge on any atom is -0.312 e. The first-order chi connectivity index (χ1) is 8.03. The van der Waals surface area contributed by atoms with Gasteiger partial charge in [0.15, 0.2) is 0 Å². The number of hydrogen-bond donors (Lipinski definition) is 1. The van der Waals surface area contributed by atoms with E-state index < -0.39 is 0 Å². The van der Waals surface area contributed by atoms with Crippen LogP contribution in [-0.2, 0) is 0 Å². The Bertz CT molecular complexity index is 362. The molecule has 0 aromatic carbocycles. The molecule has 1 fully saturated rings. The number of nitrogens with one attached hydrogen (secondary N) is 1. The topological polar surface area (TPSA) is 12.0 Å². The van der Waals surface area contributed by atoms with Crippen LogP contribution in [0.4, 0.5) is 0 Å². The minimum atomic E-state index is 0.443. The Morgan fingerprint density at radius 3 is 2.53 bits per heavy atom. The molecule has 0 spiro atoms. The average Bonchev–Trinajstić information content (AvgIpc) is 2.69. The van der Waals surface area contributed by atoms with Gasteiger partial charge in [-0.2, -0.15) is 0 Å². The van der Waals surface area contributed by atoms with Gasteiger partial charge in [0.2, 0.25) is 0 Å². The van der Waals surface area contributed by atoms with Crippen molar-refractivity contribution in [3.8, 4) is 0 Å². The predicted octanol–water partition coefficient (Wildman–Crippen LogP) is 4.88.